The van der Waals surface area contributed by atoms with Gasteiger partial charge in [0.1, 0.15) is 0 Å². The first-order chi connectivity index (χ1) is 12.4. The van der Waals surface area contributed by atoms with E-state index < -0.39 is 0 Å². The molecule has 4 aliphatic carbocycles. The highest BCUT2D eigenvalue weighted by molar-refractivity contribution is 6.05. The summed E-state index contributed by atoms with van der Waals surface area (Å²) in [5, 5.41) is 12.1. The smallest absolute Gasteiger partial charge is 0.260 e. The Hall–Kier alpha value is -2.11. The minimum absolute atomic E-state index is 0.121. The summed E-state index contributed by atoms with van der Waals surface area (Å²) in [5.41, 5.74) is 2.47. The van der Waals surface area contributed by atoms with E-state index in [-0.39, 0.29) is 11.4 Å². The topological polar surface area (TPSA) is 64.7 Å². The lowest BCUT2D eigenvalue weighted by Gasteiger charge is -2.56. The molecular formula is C20H27N5O. The van der Waals surface area contributed by atoms with Crippen LogP contribution in [0.2, 0.25) is 0 Å². The van der Waals surface area contributed by atoms with Crippen LogP contribution < -0.4 is 5.32 Å². The average Bonchev–Trinajstić information content (AvgIpc) is 3.11. The summed E-state index contributed by atoms with van der Waals surface area (Å²) in [6.45, 7) is 3.79. The molecule has 0 aliphatic heterocycles. The predicted octanol–water partition coefficient (Wildman–Crippen LogP) is 3.41. The van der Waals surface area contributed by atoms with Gasteiger partial charge in [0.25, 0.3) is 5.91 Å². The van der Waals surface area contributed by atoms with Gasteiger partial charge in [-0.3, -0.25) is 14.2 Å². The maximum atomic E-state index is 12.7. The summed E-state index contributed by atoms with van der Waals surface area (Å²) in [6.07, 6.45) is 10.1. The number of hydrogen-bond donors (Lipinski definition) is 1. The van der Waals surface area contributed by atoms with E-state index in [2.05, 4.69) is 21.3 Å². The molecule has 1 N–H and O–H groups in total. The van der Waals surface area contributed by atoms with Crippen LogP contribution in [0.15, 0.2) is 12.3 Å². The Balaban J connectivity index is 1.38. The maximum absolute atomic E-state index is 12.7. The summed E-state index contributed by atoms with van der Waals surface area (Å²) in [6, 6.07) is 1.94. The van der Waals surface area contributed by atoms with Gasteiger partial charge in [-0.1, -0.05) is 0 Å². The molecule has 2 aromatic rings. The minimum atomic E-state index is -0.121. The molecule has 4 saturated carbocycles. The number of carbonyl (C=O) groups excluding carboxylic acids is 1. The molecule has 1 amide bonds. The van der Waals surface area contributed by atoms with Crippen molar-refractivity contribution in [3.05, 3.63) is 29.2 Å². The van der Waals surface area contributed by atoms with Crippen molar-refractivity contribution in [2.24, 2.45) is 24.8 Å². The van der Waals surface area contributed by atoms with Crippen LogP contribution in [0.3, 0.4) is 0 Å². The third kappa shape index (κ3) is 2.34. The van der Waals surface area contributed by atoms with Gasteiger partial charge in [-0.2, -0.15) is 10.2 Å². The number of rotatable bonds is 3. The molecule has 6 rings (SSSR count). The maximum Gasteiger partial charge on any atom is 0.260 e. The average molecular weight is 353 g/mol. The number of amides is 1. The molecule has 6 nitrogen and oxygen atoms in total. The zero-order valence-electron chi connectivity index (χ0n) is 15.8. The summed E-state index contributed by atoms with van der Waals surface area (Å²) < 4.78 is 3.92. The molecule has 2 heterocycles. The summed E-state index contributed by atoms with van der Waals surface area (Å²) >= 11 is 0. The molecule has 4 bridgehead atoms. The van der Waals surface area contributed by atoms with Gasteiger partial charge in [0, 0.05) is 25.0 Å². The van der Waals surface area contributed by atoms with Crippen molar-refractivity contribution in [1.82, 2.24) is 19.6 Å². The van der Waals surface area contributed by atoms with Crippen molar-refractivity contribution in [3.8, 4) is 0 Å². The van der Waals surface area contributed by atoms with Crippen molar-refractivity contribution in [1.29, 1.82) is 0 Å². The highest BCUT2D eigenvalue weighted by Gasteiger charge is 2.52. The van der Waals surface area contributed by atoms with Crippen LogP contribution >= 0.6 is 0 Å². The van der Waals surface area contributed by atoms with Gasteiger partial charge >= 0.3 is 0 Å². The molecule has 6 heteroatoms. The van der Waals surface area contributed by atoms with E-state index >= 15 is 0 Å². The Bertz CT molecular complexity index is 842. The van der Waals surface area contributed by atoms with Gasteiger partial charge in [0.15, 0.2) is 5.82 Å². The van der Waals surface area contributed by atoms with Crippen molar-refractivity contribution in [2.75, 3.05) is 5.32 Å². The number of carbonyl (C=O) groups is 1. The number of aromatic nitrogens is 4. The lowest BCUT2D eigenvalue weighted by molar-refractivity contribution is -0.0492. The zero-order chi connectivity index (χ0) is 18.1. The first-order valence-corrected chi connectivity index (χ1v) is 9.81. The highest BCUT2D eigenvalue weighted by atomic mass is 16.1. The van der Waals surface area contributed by atoms with Gasteiger partial charge in [-0.25, -0.2) is 0 Å². The molecule has 0 aromatic carbocycles. The van der Waals surface area contributed by atoms with E-state index in [0.717, 1.165) is 29.1 Å². The Morgan fingerprint density at radius 1 is 1.12 bits per heavy atom. The second-order valence-electron chi connectivity index (χ2n) is 8.91. The Morgan fingerprint density at radius 2 is 1.73 bits per heavy atom. The van der Waals surface area contributed by atoms with E-state index in [1.807, 2.05) is 27.0 Å². The fourth-order valence-electron chi connectivity index (χ4n) is 6.28. The molecule has 2 aromatic heterocycles. The first-order valence-electron chi connectivity index (χ1n) is 9.81. The standard InChI is InChI=1S/C20H27N5O/c1-12-18(13(2)24(3)22-12)19(26)21-17-4-5-25(23-17)20-9-14-6-15(10-20)8-16(7-14)11-20/h4-5,14-16H,6-11H2,1-3H3,(H,21,23,26). The van der Waals surface area contributed by atoms with Crippen molar-refractivity contribution >= 4 is 11.7 Å². The van der Waals surface area contributed by atoms with Crippen molar-refractivity contribution < 1.29 is 4.79 Å². The van der Waals surface area contributed by atoms with Crippen molar-refractivity contribution in [3.63, 3.8) is 0 Å². The summed E-state index contributed by atoms with van der Waals surface area (Å²) in [7, 11) is 1.86. The number of anilines is 1. The Kier molecular flexibility index (Phi) is 3.37. The van der Waals surface area contributed by atoms with E-state index in [1.54, 1.807) is 4.68 Å². The normalized spacial score (nSPS) is 32.2. The SMILES string of the molecule is Cc1nn(C)c(C)c1C(=O)Nc1ccn(C23CC4CC(CC(C4)C2)C3)n1. The molecule has 0 atom stereocenters. The number of nitrogens with zero attached hydrogens (tertiary/aromatic N) is 4. The van der Waals surface area contributed by atoms with Gasteiger partial charge in [-0.15, -0.1) is 0 Å². The van der Waals surface area contributed by atoms with Crippen LogP contribution in [0.5, 0.6) is 0 Å². The lowest BCUT2D eigenvalue weighted by Crippen LogP contribution is -2.52. The van der Waals surface area contributed by atoms with Gasteiger partial charge in [0.05, 0.1) is 16.8 Å². The molecule has 4 aliphatic rings. The Morgan fingerprint density at radius 3 is 2.27 bits per heavy atom. The molecule has 138 valence electrons. The molecule has 26 heavy (non-hydrogen) atoms. The van der Waals surface area contributed by atoms with E-state index in [9.17, 15) is 4.79 Å². The molecular weight excluding hydrogens is 326 g/mol. The first kappa shape index (κ1) is 16.1. The third-order valence-corrected chi connectivity index (χ3v) is 7.06. The van der Waals surface area contributed by atoms with Crippen LogP contribution in [0.4, 0.5) is 5.82 Å². The van der Waals surface area contributed by atoms with E-state index in [1.165, 1.54) is 38.5 Å². The van der Waals surface area contributed by atoms with Gasteiger partial charge < -0.3 is 5.32 Å². The number of nitrogens with one attached hydrogen (secondary N) is 1. The second kappa shape index (κ2) is 5.44. The summed E-state index contributed by atoms with van der Waals surface area (Å²) in [5.74, 6) is 3.16. The minimum Gasteiger partial charge on any atom is -0.305 e. The Labute approximate surface area is 154 Å². The fourth-order valence-corrected chi connectivity index (χ4v) is 6.28. The van der Waals surface area contributed by atoms with E-state index in [4.69, 9.17) is 5.10 Å². The monoisotopic (exact) mass is 353 g/mol. The zero-order valence-corrected chi connectivity index (χ0v) is 15.8. The molecule has 4 fully saturated rings. The van der Waals surface area contributed by atoms with Crippen LogP contribution in [0, 0.1) is 31.6 Å². The third-order valence-electron chi connectivity index (χ3n) is 7.06. The van der Waals surface area contributed by atoms with Crippen LogP contribution in [-0.4, -0.2) is 25.5 Å². The lowest BCUT2D eigenvalue weighted by atomic mass is 9.53. The molecule has 0 spiro atoms. The molecule has 0 unspecified atom stereocenters. The highest BCUT2D eigenvalue weighted by Crippen LogP contribution is 2.58. The number of hydrogen-bond acceptors (Lipinski definition) is 3. The van der Waals surface area contributed by atoms with Gasteiger partial charge in [-0.05, 0) is 70.1 Å². The molecule has 0 radical (unpaired) electrons. The summed E-state index contributed by atoms with van der Waals surface area (Å²) in [4.78, 5) is 12.7. The largest absolute Gasteiger partial charge is 0.305 e. The quantitative estimate of drug-likeness (QED) is 0.920. The predicted molar refractivity (Wildman–Crippen MR) is 99.0 cm³/mol. The van der Waals surface area contributed by atoms with Gasteiger partial charge in [0.2, 0.25) is 0 Å². The van der Waals surface area contributed by atoms with Crippen LogP contribution in [0.1, 0.15) is 60.3 Å². The number of aryl methyl sites for hydroxylation is 2. The molecule has 0 saturated heterocycles. The second-order valence-corrected chi connectivity index (χ2v) is 8.91. The van der Waals surface area contributed by atoms with Crippen LogP contribution in [-0.2, 0) is 12.6 Å². The van der Waals surface area contributed by atoms with E-state index in [0.29, 0.717) is 11.4 Å². The fraction of sp³-hybridized carbons (Fsp3) is 0.650. The van der Waals surface area contributed by atoms with Crippen LogP contribution in [0.25, 0.3) is 0 Å². The van der Waals surface area contributed by atoms with Crippen molar-refractivity contribution in [2.45, 2.75) is 57.9 Å².